The third kappa shape index (κ3) is 2.91. The minimum Gasteiger partial charge on any atom is -0.423 e. The number of carbonyl (C=O) groups excluding carboxylic acids is 1. The number of benzene rings is 1. The second-order valence-electron chi connectivity index (χ2n) is 2.80. The van der Waals surface area contributed by atoms with Gasteiger partial charge < -0.3 is 4.74 Å². The summed E-state index contributed by atoms with van der Waals surface area (Å²) < 4.78 is 29.7. The van der Waals surface area contributed by atoms with E-state index in [0.29, 0.717) is 0 Å². The number of esters is 1. The molecule has 0 bridgehead atoms. The van der Waals surface area contributed by atoms with Crippen molar-refractivity contribution in [1.29, 1.82) is 0 Å². The minimum absolute atomic E-state index is 0.105. The first-order valence-electron chi connectivity index (χ1n) is 4.37. The Hall–Kier alpha value is -1.66. The van der Waals surface area contributed by atoms with Crippen LogP contribution in [0.1, 0.15) is 0 Å². The van der Waals surface area contributed by atoms with E-state index in [4.69, 9.17) is 4.74 Å². The van der Waals surface area contributed by atoms with Crippen LogP contribution in [-0.4, -0.2) is 21.4 Å². The van der Waals surface area contributed by atoms with Crippen molar-refractivity contribution in [3.63, 3.8) is 0 Å². The third-order valence-corrected chi connectivity index (χ3v) is 3.22. The number of hydrogen-bond acceptors (Lipinski definition) is 4. The molecule has 1 aromatic carbocycles. The molecule has 0 amide bonds. The quantitative estimate of drug-likeness (QED) is 0.478. The van der Waals surface area contributed by atoms with Gasteiger partial charge in [0.15, 0.2) is 0 Å². The summed E-state index contributed by atoms with van der Waals surface area (Å²) in [7, 11) is -2.14. The maximum Gasteiger partial charge on any atom is 0.335 e. The third-order valence-electron chi connectivity index (χ3n) is 1.79. The second kappa shape index (κ2) is 4.91. The molecule has 0 radical (unpaired) electrons. The Kier molecular flexibility index (Phi) is 3.81. The van der Waals surface area contributed by atoms with Crippen molar-refractivity contribution in [3.8, 4) is 5.75 Å². The van der Waals surface area contributed by atoms with Gasteiger partial charge in [0, 0.05) is 6.08 Å². The predicted molar refractivity (Wildman–Crippen MR) is 58.5 cm³/mol. The van der Waals surface area contributed by atoms with Crippen LogP contribution in [0.3, 0.4) is 0 Å². The van der Waals surface area contributed by atoms with Crippen molar-refractivity contribution in [2.24, 2.45) is 0 Å². The highest BCUT2D eigenvalue weighted by atomic mass is 32.2. The van der Waals surface area contributed by atoms with Crippen molar-refractivity contribution in [3.05, 3.63) is 36.9 Å². The molecule has 6 heteroatoms. The van der Waals surface area contributed by atoms with Gasteiger partial charge in [0.25, 0.3) is 0 Å². The fourth-order valence-electron chi connectivity index (χ4n) is 0.963. The number of carbonyl (C=O) groups is 1. The zero-order valence-corrected chi connectivity index (χ0v) is 9.45. The molecule has 0 aliphatic heterocycles. The molecule has 86 valence electrons. The van der Waals surface area contributed by atoms with Crippen LogP contribution in [0, 0.1) is 0 Å². The summed E-state index contributed by atoms with van der Waals surface area (Å²) >= 11 is 0. The molecule has 0 fully saturated rings. The molecule has 16 heavy (non-hydrogen) atoms. The van der Waals surface area contributed by atoms with Crippen LogP contribution in [-0.2, 0) is 14.8 Å². The molecule has 0 aromatic heterocycles. The number of sulfonamides is 1. The van der Waals surface area contributed by atoms with Gasteiger partial charge in [-0.25, -0.2) is 17.9 Å². The summed E-state index contributed by atoms with van der Waals surface area (Å²) in [5.74, 6) is -0.329. The molecule has 0 aliphatic rings. The van der Waals surface area contributed by atoms with Crippen LogP contribution >= 0.6 is 0 Å². The topological polar surface area (TPSA) is 72.5 Å². The van der Waals surface area contributed by atoms with Gasteiger partial charge in [0.2, 0.25) is 10.0 Å². The first-order valence-corrected chi connectivity index (χ1v) is 5.86. The zero-order valence-electron chi connectivity index (χ0n) is 8.64. The van der Waals surface area contributed by atoms with Crippen molar-refractivity contribution < 1.29 is 17.9 Å². The lowest BCUT2D eigenvalue weighted by Crippen LogP contribution is -2.18. The lowest BCUT2D eigenvalue weighted by Gasteiger charge is -2.04. The summed E-state index contributed by atoms with van der Waals surface area (Å²) in [6.45, 7) is 3.25. The fourth-order valence-corrected chi connectivity index (χ4v) is 1.69. The van der Waals surface area contributed by atoms with E-state index >= 15 is 0 Å². The highest BCUT2D eigenvalue weighted by molar-refractivity contribution is 7.89. The second-order valence-corrected chi connectivity index (χ2v) is 4.69. The van der Waals surface area contributed by atoms with Crippen LogP contribution in [0.5, 0.6) is 5.75 Å². The van der Waals surface area contributed by atoms with Crippen molar-refractivity contribution >= 4 is 16.0 Å². The highest BCUT2D eigenvalue weighted by Gasteiger charge is 2.10. The SMILES string of the molecule is C=CC(=O)Oc1ccc(S(=O)(=O)NC)cc1. The Morgan fingerprint density at radius 3 is 2.38 bits per heavy atom. The van der Waals surface area contributed by atoms with Crippen molar-refractivity contribution in [2.45, 2.75) is 4.90 Å². The molecular formula is C10H11NO4S. The lowest BCUT2D eigenvalue weighted by atomic mass is 10.3. The van der Waals surface area contributed by atoms with Crippen LogP contribution in [0.2, 0.25) is 0 Å². The van der Waals surface area contributed by atoms with E-state index in [2.05, 4.69) is 11.3 Å². The van der Waals surface area contributed by atoms with Gasteiger partial charge in [-0.2, -0.15) is 0 Å². The van der Waals surface area contributed by atoms with Gasteiger partial charge in [-0.1, -0.05) is 6.58 Å². The zero-order chi connectivity index (χ0) is 12.2. The fraction of sp³-hybridized carbons (Fsp3) is 0.100. The van der Waals surface area contributed by atoms with Gasteiger partial charge in [0.1, 0.15) is 5.75 Å². The molecule has 0 aliphatic carbocycles. The van der Waals surface area contributed by atoms with Gasteiger partial charge in [0.05, 0.1) is 4.90 Å². The molecule has 0 unspecified atom stereocenters. The lowest BCUT2D eigenvalue weighted by molar-refractivity contribution is -0.128. The average Bonchev–Trinajstić information content (AvgIpc) is 2.29. The van der Waals surface area contributed by atoms with Gasteiger partial charge in [-0.15, -0.1) is 0 Å². The van der Waals surface area contributed by atoms with Gasteiger partial charge >= 0.3 is 5.97 Å². The van der Waals surface area contributed by atoms with E-state index in [0.717, 1.165) is 6.08 Å². The number of ether oxygens (including phenoxy) is 1. The Morgan fingerprint density at radius 1 is 1.38 bits per heavy atom. The molecule has 5 nitrogen and oxygen atoms in total. The summed E-state index contributed by atoms with van der Waals surface area (Å²) in [4.78, 5) is 11.0. The van der Waals surface area contributed by atoms with E-state index in [1.165, 1.54) is 31.3 Å². The number of nitrogens with one attached hydrogen (secondary N) is 1. The van der Waals surface area contributed by atoms with Gasteiger partial charge in [-0.05, 0) is 31.3 Å². The molecule has 1 N–H and O–H groups in total. The van der Waals surface area contributed by atoms with Crippen LogP contribution in [0.15, 0.2) is 41.8 Å². The van der Waals surface area contributed by atoms with Crippen LogP contribution < -0.4 is 9.46 Å². The number of rotatable bonds is 4. The van der Waals surface area contributed by atoms with Crippen molar-refractivity contribution in [2.75, 3.05) is 7.05 Å². The van der Waals surface area contributed by atoms with Gasteiger partial charge in [-0.3, -0.25) is 0 Å². The van der Waals surface area contributed by atoms with Crippen LogP contribution in [0.4, 0.5) is 0 Å². The molecule has 1 aromatic rings. The Morgan fingerprint density at radius 2 is 1.94 bits per heavy atom. The molecule has 0 saturated carbocycles. The Balaban J connectivity index is 2.92. The first kappa shape index (κ1) is 12.4. The van der Waals surface area contributed by atoms with E-state index in [9.17, 15) is 13.2 Å². The van der Waals surface area contributed by atoms with E-state index in [1.807, 2.05) is 0 Å². The molecule has 0 saturated heterocycles. The van der Waals surface area contributed by atoms with E-state index in [-0.39, 0.29) is 10.6 Å². The average molecular weight is 241 g/mol. The predicted octanol–water partition coefficient (Wildman–Crippen LogP) is 0.686. The molecular weight excluding hydrogens is 230 g/mol. The molecule has 1 rings (SSSR count). The summed E-state index contributed by atoms with van der Waals surface area (Å²) in [5, 5.41) is 0. The standard InChI is InChI=1S/C10H11NO4S/c1-3-10(12)15-8-4-6-9(7-5-8)16(13,14)11-2/h3-7,11H,1H2,2H3. The monoisotopic (exact) mass is 241 g/mol. The largest absolute Gasteiger partial charge is 0.423 e. The molecule has 0 spiro atoms. The normalized spacial score (nSPS) is 10.8. The Labute approximate surface area is 93.8 Å². The first-order chi connectivity index (χ1) is 7.49. The highest BCUT2D eigenvalue weighted by Crippen LogP contribution is 2.15. The summed E-state index contributed by atoms with van der Waals surface area (Å²) in [6.07, 6.45) is 1.03. The molecule has 0 atom stereocenters. The van der Waals surface area contributed by atoms with Crippen LogP contribution in [0.25, 0.3) is 0 Å². The maximum atomic E-state index is 11.4. The maximum absolute atomic E-state index is 11.4. The van der Waals surface area contributed by atoms with E-state index < -0.39 is 16.0 Å². The minimum atomic E-state index is -3.46. The summed E-state index contributed by atoms with van der Waals surface area (Å²) in [6, 6.07) is 5.48. The summed E-state index contributed by atoms with van der Waals surface area (Å²) in [5.41, 5.74) is 0. The molecule has 0 heterocycles. The smallest absolute Gasteiger partial charge is 0.335 e. The van der Waals surface area contributed by atoms with Crippen molar-refractivity contribution in [1.82, 2.24) is 4.72 Å². The Bertz CT molecular complexity index is 490. The number of hydrogen-bond donors (Lipinski definition) is 1. The van der Waals surface area contributed by atoms with E-state index in [1.54, 1.807) is 0 Å².